The molecule has 0 spiro atoms. The molecule has 0 atom stereocenters. The number of ether oxygens (including phenoxy) is 1. The summed E-state index contributed by atoms with van der Waals surface area (Å²) >= 11 is 0. The molecule has 0 aliphatic heterocycles. The predicted molar refractivity (Wildman–Crippen MR) is 69.0 cm³/mol. The van der Waals surface area contributed by atoms with Crippen LogP contribution >= 0.6 is 0 Å². The van der Waals surface area contributed by atoms with E-state index in [9.17, 15) is 0 Å². The molecular weight excluding hydrogens is 210 g/mol. The lowest BCUT2D eigenvalue weighted by Crippen LogP contribution is -2.02. The van der Waals surface area contributed by atoms with E-state index >= 15 is 0 Å². The number of nitrogens with two attached hydrogens (primary N) is 1. The second-order valence-corrected chi connectivity index (χ2v) is 3.93. The van der Waals surface area contributed by atoms with Crippen LogP contribution in [0.5, 0.6) is 5.75 Å². The first-order valence-corrected chi connectivity index (χ1v) is 5.64. The third kappa shape index (κ3) is 2.86. The fourth-order valence-corrected chi connectivity index (χ4v) is 1.86. The lowest BCUT2D eigenvalue weighted by molar-refractivity contribution is 0.414. The molecule has 0 saturated heterocycles. The summed E-state index contributed by atoms with van der Waals surface area (Å²) in [5.41, 5.74) is 9.34. The molecule has 2 N–H and O–H groups in total. The van der Waals surface area contributed by atoms with Crippen LogP contribution in [0.2, 0.25) is 0 Å². The van der Waals surface area contributed by atoms with Crippen LogP contribution in [0.15, 0.2) is 42.5 Å². The minimum atomic E-state index is 0.552. The third-order valence-electron chi connectivity index (χ3n) is 2.80. The Labute approximate surface area is 102 Å². The maximum Gasteiger partial charge on any atom is 0.119 e. The van der Waals surface area contributed by atoms with Crippen LogP contribution in [-0.4, -0.2) is 7.11 Å². The fourth-order valence-electron chi connectivity index (χ4n) is 1.86. The van der Waals surface area contributed by atoms with Gasteiger partial charge in [0.05, 0.1) is 7.11 Å². The van der Waals surface area contributed by atoms with E-state index in [-0.39, 0.29) is 0 Å². The number of rotatable bonds is 4. The number of methoxy groups -OCH3 is 1. The smallest absolute Gasteiger partial charge is 0.119 e. The quantitative estimate of drug-likeness (QED) is 0.869. The van der Waals surface area contributed by atoms with Crippen molar-refractivity contribution < 1.29 is 4.74 Å². The predicted octanol–water partition coefficient (Wildman–Crippen LogP) is 2.54. The Morgan fingerprint density at radius 3 is 2.88 bits per heavy atom. The largest absolute Gasteiger partial charge is 0.497 e. The number of hydrogen-bond donors (Lipinski definition) is 1. The summed E-state index contributed by atoms with van der Waals surface area (Å²) in [6.45, 7) is 0.552. The molecule has 1 radical (unpaired) electrons. The molecule has 0 unspecified atom stereocenters. The topological polar surface area (TPSA) is 35.2 Å². The van der Waals surface area contributed by atoms with Gasteiger partial charge in [0.1, 0.15) is 5.75 Å². The zero-order chi connectivity index (χ0) is 12.1. The molecule has 0 aliphatic rings. The Kier molecular flexibility index (Phi) is 3.78. The van der Waals surface area contributed by atoms with Gasteiger partial charge in [0.2, 0.25) is 0 Å². The molecule has 17 heavy (non-hydrogen) atoms. The van der Waals surface area contributed by atoms with Crippen molar-refractivity contribution in [2.24, 2.45) is 5.73 Å². The van der Waals surface area contributed by atoms with Crippen molar-refractivity contribution in [1.29, 1.82) is 0 Å². The fraction of sp³-hybridized carbons (Fsp3) is 0.200. The number of hydrogen-bond acceptors (Lipinski definition) is 2. The van der Waals surface area contributed by atoms with Crippen LogP contribution in [0.4, 0.5) is 0 Å². The van der Waals surface area contributed by atoms with E-state index in [1.165, 1.54) is 11.1 Å². The van der Waals surface area contributed by atoms with E-state index in [0.717, 1.165) is 17.7 Å². The zero-order valence-corrected chi connectivity index (χ0v) is 9.94. The normalized spacial score (nSPS) is 10.2. The van der Waals surface area contributed by atoms with Crippen molar-refractivity contribution in [2.45, 2.75) is 13.0 Å². The van der Waals surface area contributed by atoms with Crippen LogP contribution in [0.3, 0.4) is 0 Å². The van der Waals surface area contributed by atoms with Crippen molar-refractivity contribution in [3.63, 3.8) is 0 Å². The first kappa shape index (κ1) is 11.7. The van der Waals surface area contributed by atoms with E-state index in [0.29, 0.717) is 6.54 Å². The van der Waals surface area contributed by atoms with E-state index in [1.807, 2.05) is 24.3 Å². The Hall–Kier alpha value is -1.80. The van der Waals surface area contributed by atoms with Crippen LogP contribution in [0, 0.1) is 6.07 Å². The van der Waals surface area contributed by atoms with Gasteiger partial charge in [-0.15, -0.1) is 0 Å². The molecule has 0 saturated carbocycles. The van der Waals surface area contributed by atoms with E-state index in [1.54, 1.807) is 7.11 Å². The molecule has 2 aromatic rings. The van der Waals surface area contributed by atoms with Gasteiger partial charge < -0.3 is 10.5 Å². The standard InChI is InChI=1S/C15H16NO/c1-17-15-8-4-5-12(10-15)9-13-6-2-3-7-14(13)11-16/h2,4-8,10H,9,11,16H2,1H3. The summed E-state index contributed by atoms with van der Waals surface area (Å²) in [5, 5.41) is 0. The van der Waals surface area contributed by atoms with Crippen molar-refractivity contribution in [3.05, 3.63) is 65.2 Å². The lowest BCUT2D eigenvalue weighted by atomic mass is 10.00. The second-order valence-electron chi connectivity index (χ2n) is 3.93. The highest BCUT2D eigenvalue weighted by Gasteiger charge is 2.02. The average molecular weight is 226 g/mol. The van der Waals surface area contributed by atoms with E-state index in [4.69, 9.17) is 10.5 Å². The first-order valence-electron chi connectivity index (χ1n) is 5.64. The van der Waals surface area contributed by atoms with Crippen LogP contribution in [0.25, 0.3) is 0 Å². The van der Waals surface area contributed by atoms with Gasteiger partial charge >= 0.3 is 0 Å². The molecule has 2 aromatic carbocycles. The maximum absolute atomic E-state index is 5.72. The molecule has 0 fully saturated rings. The average Bonchev–Trinajstić information content (AvgIpc) is 2.39. The monoisotopic (exact) mass is 226 g/mol. The van der Waals surface area contributed by atoms with Gasteiger partial charge in [-0.25, -0.2) is 0 Å². The van der Waals surface area contributed by atoms with Crippen LogP contribution < -0.4 is 10.5 Å². The molecule has 87 valence electrons. The Balaban J connectivity index is 2.24. The molecule has 2 rings (SSSR count). The van der Waals surface area contributed by atoms with Gasteiger partial charge in [-0.05, 0) is 47.4 Å². The molecule has 2 heteroatoms. The van der Waals surface area contributed by atoms with Gasteiger partial charge in [-0.2, -0.15) is 0 Å². The summed E-state index contributed by atoms with van der Waals surface area (Å²) in [4.78, 5) is 0. The molecule has 0 amide bonds. The van der Waals surface area contributed by atoms with Crippen LogP contribution in [0.1, 0.15) is 16.7 Å². The number of benzene rings is 2. The van der Waals surface area contributed by atoms with Crippen molar-refractivity contribution in [1.82, 2.24) is 0 Å². The van der Waals surface area contributed by atoms with Crippen molar-refractivity contribution in [2.75, 3.05) is 7.11 Å². The molecular formula is C15H16NO. The van der Waals surface area contributed by atoms with Gasteiger partial charge in [-0.1, -0.05) is 24.3 Å². The first-order chi connectivity index (χ1) is 8.33. The summed E-state index contributed by atoms with van der Waals surface area (Å²) < 4.78 is 5.22. The highest BCUT2D eigenvalue weighted by Crippen LogP contribution is 2.18. The summed E-state index contributed by atoms with van der Waals surface area (Å²) in [6, 6.07) is 17.1. The molecule has 2 nitrogen and oxygen atoms in total. The minimum absolute atomic E-state index is 0.552. The Morgan fingerprint density at radius 1 is 1.24 bits per heavy atom. The summed E-state index contributed by atoms with van der Waals surface area (Å²) in [7, 11) is 1.68. The Morgan fingerprint density at radius 2 is 2.12 bits per heavy atom. The summed E-state index contributed by atoms with van der Waals surface area (Å²) in [6.07, 6.45) is 0.873. The molecule has 0 aromatic heterocycles. The van der Waals surface area contributed by atoms with Gasteiger partial charge in [0.15, 0.2) is 0 Å². The lowest BCUT2D eigenvalue weighted by Gasteiger charge is -2.08. The molecule has 0 bridgehead atoms. The molecule has 0 aliphatic carbocycles. The maximum atomic E-state index is 5.72. The van der Waals surface area contributed by atoms with Gasteiger partial charge in [0, 0.05) is 6.54 Å². The molecule has 0 heterocycles. The highest BCUT2D eigenvalue weighted by atomic mass is 16.5. The van der Waals surface area contributed by atoms with Crippen molar-refractivity contribution in [3.8, 4) is 5.75 Å². The third-order valence-corrected chi connectivity index (χ3v) is 2.80. The van der Waals surface area contributed by atoms with Crippen molar-refractivity contribution >= 4 is 0 Å². The minimum Gasteiger partial charge on any atom is -0.497 e. The van der Waals surface area contributed by atoms with Gasteiger partial charge in [-0.3, -0.25) is 0 Å². The Bertz CT molecular complexity index is 494. The SMILES string of the molecule is COc1cccc(Cc2cc[c]cc2CN)c1. The highest BCUT2D eigenvalue weighted by molar-refractivity contribution is 5.35. The van der Waals surface area contributed by atoms with E-state index in [2.05, 4.69) is 24.3 Å². The van der Waals surface area contributed by atoms with Gasteiger partial charge in [0.25, 0.3) is 0 Å². The zero-order valence-electron chi connectivity index (χ0n) is 9.94. The van der Waals surface area contributed by atoms with Crippen LogP contribution in [-0.2, 0) is 13.0 Å². The van der Waals surface area contributed by atoms with E-state index < -0.39 is 0 Å². The summed E-state index contributed by atoms with van der Waals surface area (Å²) in [5.74, 6) is 0.888. The second kappa shape index (κ2) is 5.51.